The number of hydrogen-bond acceptors (Lipinski definition) is 19. The number of alkyl carbamates (subject to hydrolysis) is 1. The Hall–Kier alpha value is -10.0. The van der Waals surface area contributed by atoms with Crippen LogP contribution in [0.25, 0.3) is 0 Å². The second-order valence-corrected chi connectivity index (χ2v) is 38.4. The number of benzene rings is 3. The van der Waals surface area contributed by atoms with Crippen LogP contribution in [0, 0.1) is 29.6 Å². The molecule has 125 heavy (non-hydrogen) atoms. The number of carboxylic acids is 2. The van der Waals surface area contributed by atoms with Crippen molar-refractivity contribution in [3.05, 3.63) is 161 Å². The van der Waals surface area contributed by atoms with Crippen LogP contribution in [-0.2, 0) is 62.2 Å². The smallest absolute Gasteiger partial charge is 0.410 e. The molecule has 9 heterocycles. The van der Waals surface area contributed by atoms with Gasteiger partial charge in [-0.2, -0.15) is 0 Å². The number of carbonyl (C=O) groups is 8. The number of para-hydroxylation sites is 3. The number of esters is 1. The summed E-state index contributed by atoms with van der Waals surface area (Å²) in [4.78, 5) is 125. The molecule has 0 bridgehead atoms. The molecule has 6 aromatic rings. The molecule has 8 atom stereocenters. The number of hydrogen-bond donors (Lipinski definition) is 5. The molecule has 6 aliphatic heterocycles. The first-order chi connectivity index (χ1) is 59.7. The van der Waals surface area contributed by atoms with Crippen molar-refractivity contribution in [2.24, 2.45) is 29.6 Å². The minimum Gasteiger partial charge on any atom is -0.480 e. The number of Topliss-reactive ketones (excluding diaryl/α,β-unsaturated/α-hetero) is 1. The molecule has 0 unspecified atom stereocenters. The van der Waals surface area contributed by atoms with Crippen LogP contribution in [0.2, 0.25) is 0 Å². The average Bonchev–Trinajstić information content (AvgIpc) is 1.68. The van der Waals surface area contributed by atoms with E-state index in [1.165, 1.54) is 91.8 Å². The van der Waals surface area contributed by atoms with Gasteiger partial charge in [0.2, 0.25) is 11.8 Å². The van der Waals surface area contributed by atoms with Crippen LogP contribution in [0.5, 0.6) is 0 Å². The zero-order valence-corrected chi connectivity index (χ0v) is 76.5. The van der Waals surface area contributed by atoms with Gasteiger partial charge in [0.15, 0.2) is 0 Å². The van der Waals surface area contributed by atoms with Gasteiger partial charge in [0.25, 0.3) is 0 Å². The minimum absolute atomic E-state index is 0.0174. The van der Waals surface area contributed by atoms with E-state index < -0.39 is 53.0 Å². The van der Waals surface area contributed by atoms with Crippen LogP contribution < -0.4 is 30.7 Å². The number of amides is 4. The van der Waals surface area contributed by atoms with Gasteiger partial charge in [0, 0.05) is 93.8 Å². The molecule has 3 aromatic heterocycles. The molecule has 4 amide bonds. The number of aromatic nitrogens is 3. The largest absolute Gasteiger partial charge is 0.480 e. The quantitative estimate of drug-likeness (QED) is 0.0330. The fourth-order valence-electron chi connectivity index (χ4n) is 19.3. The molecule has 0 radical (unpaired) electrons. The van der Waals surface area contributed by atoms with Gasteiger partial charge in [-0.15, -0.1) is 0 Å². The van der Waals surface area contributed by atoms with Crippen LogP contribution in [-0.4, -0.2) is 176 Å². The number of fused-ring (bicyclic) bond motifs is 3. The van der Waals surface area contributed by atoms with Gasteiger partial charge in [0.1, 0.15) is 52.1 Å². The maximum Gasteiger partial charge on any atom is 0.410 e. The number of ether oxygens (including phenoxy) is 3. The van der Waals surface area contributed by atoms with Gasteiger partial charge < -0.3 is 64.9 Å². The van der Waals surface area contributed by atoms with Gasteiger partial charge in [-0.25, -0.2) is 34.1 Å². The Morgan fingerprint density at radius 2 is 0.872 bits per heavy atom. The third-order valence-electron chi connectivity index (χ3n) is 26.0. The molecular weight excluding hydrogens is 1580 g/mol. The number of anilines is 6. The summed E-state index contributed by atoms with van der Waals surface area (Å²) in [6, 6.07) is 37.2. The second-order valence-electron chi connectivity index (χ2n) is 38.4. The summed E-state index contributed by atoms with van der Waals surface area (Å²) in [5, 5.41) is 27.0. The lowest BCUT2D eigenvalue weighted by molar-refractivity contribution is -0.160. The zero-order chi connectivity index (χ0) is 89.7. The molecule has 15 rings (SSSR count). The average molecular weight is 1720 g/mol. The highest BCUT2D eigenvalue weighted by Gasteiger charge is 2.43. The van der Waals surface area contributed by atoms with Gasteiger partial charge in [-0.05, 0) is 292 Å². The Morgan fingerprint density at radius 1 is 0.472 bits per heavy atom. The van der Waals surface area contributed by atoms with Gasteiger partial charge in [-0.3, -0.25) is 24.1 Å². The molecule has 5 N–H and O–H groups in total. The van der Waals surface area contributed by atoms with Crippen molar-refractivity contribution >= 4 is 82.2 Å². The lowest BCUT2D eigenvalue weighted by atomic mass is 9.76. The van der Waals surface area contributed by atoms with E-state index in [-0.39, 0.29) is 71.8 Å². The number of carbonyl (C=O) groups excluding carboxylic acids is 6. The third-order valence-corrected chi connectivity index (χ3v) is 26.0. The van der Waals surface area contributed by atoms with Crippen molar-refractivity contribution in [2.45, 2.75) is 296 Å². The Labute approximate surface area is 741 Å². The summed E-state index contributed by atoms with van der Waals surface area (Å²) in [5.41, 5.74) is 9.82. The summed E-state index contributed by atoms with van der Waals surface area (Å²) >= 11 is 0. The number of nitrogens with one attached hydrogen (secondary N) is 3. The molecule has 678 valence electrons. The van der Waals surface area contributed by atoms with E-state index in [2.05, 4.69) is 155 Å². The number of carboxylic acid groups (broad SMARTS) is 2. The van der Waals surface area contributed by atoms with E-state index in [9.17, 15) is 43.5 Å². The Kier molecular flexibility index (Phi) is 34.0. The molecule has 0 spiro atoms. The van der Waals surface area contributed by atoms with E-state index >= 15 is 0 Å². The molecule has 9 aliphatic rings. The molecule has 3 saturated heterocycles. The number of likely N-dealkylation sites (N-methyl/N-ethyl adjacent to an activating group) is 2. The van der Waals surface area contributed by atoms with E-state index in [1.807, 2.05) is 53.3 Å². The van der Waals surface area contributed by atoms with Crippen molar-refractivity contribution in [3.8, 4) is 0 Å². The highest BCUT2D eigenvalue weighted by Crippen LogP contribution is 2.45. The fraction of sp³-hybridized carbons (Fsp3) is 0.590. The van der Waals surface area contributed by atoms with E-state index in [4.69, 9.17) is 29.3 Å². The van der Waals surface area contributed by atoms with Crippen LogP contribution in [0.1, 0.15) is 275 Å². The predicted octanol–water partition coefficient (Wildman–Crippen LogP) is 18.6. The molecule has 25 nitrogen and oxygen atoms in total. The van der Waals surface area contributed by atoms with Gasteiger partial charge in [-0.1, -0.05) is 112 Å². The standard InChI is InChI=1S/C31H41N3O3.C30H40N4O2.C17H19N3.C13H23NO4.C9H17NO4/c1-31(2,3)37-29(35)21-25(22-10-5-4-6-11-22)30(36)34-18-9-14-27(34)24-15-17-32-28(20-24)33-19-16-23-12-7-8-13-26(23)33;1-21(31-2)28(35)20-25(22-9-4-3-5-10-22)30(36)34-17-8-13-27(34)24-14-16-32-29(19-24)33-18-15-23-11-6-7-12-26(23)33;1-2-6-16-13(4-1)8-11-20(16)17-12-14(7-10-19-17)15-5-3-9-18-15;1-13(2,3)18-12(17)14-10(11(15)16)9-7-5-4-6-8-9;1-6(7(11)12)10(5)8(13)14-9(2,3)4/h7-8,12-13,15,17,20,22,25,27H,4-6,9-11,14,16,18-19,21H2,1-3H3;6-7,11-12,14,16,19,21-22,25,27,31H,3-5,8-10,13,15,17-18,20H2,1-2H3;1-2,4,6-7,10,12,15,18H,3,5,8-9,11H2;9-10H,4-8H2,1-3H3,(H,14,17)(H,15,16);6H,1-5H3,(H,11,12)/t25-,27-;21-,25-,27-;15-;10-;6-/m00000/s1. The Bertz CT molecular complexity index is 4590. The summed E-state index contributed by atoms with van der Waals surface area (Å²) in [5.74, 6) is 1.23. The molecular formula is C100H140N12O13. The van der Waals surface area contributed by atoms with E-state index in [0.29, 0.717) is 18.4 Å². The molecule has 3 aliphatic carbocycles. The molecule has 3 aromatic carbocycles. The van der Waals surface area contributed by atoms with Gasteiger partial charge >= 0.3 is 30.1 Å². The normalized spacial score (nSPS) is 20.2. The summed E-state index contributed by atoms with van der Waals surface area (Å²) < 4.78 is 15.8. The minimum atomic E-state index is -1.06. The monoisotopic (exact) mass is 1720 g/mol. The third kappa shape index (κ3) is 26.6. The molecule has 25 heteroatoms. The summed E-state index contributed by atoms with van der Waals surface area (Å²) in [6.45, 7) is 25.0. The number of aliphatic carboxylic acids is 2. The first kappa shape index (κ1) is 95.6. The first-order valence-corrected chi connectivity index (χ1v) is 46.3. The van der Waals surface area contributed by atoms with Crippen molar-refractivity contribution < 1.29 is 62.8 Å². The number of likely N-dealkylation sites (tertiary alicyclic amines) is 2. The van der Waals surface area contributed by atoms with Crippen LogP contribution >= 0.6 is 0 Å². The van der Waals surface area contributed by atoms with E-state index in [1.54, 1.807) is 41.5 Å². The number of nitrogens with zero attached hydrogens (tertiary/aromatic N) is 9. The summed E-state index contributed by atoms with van der Waals surface area (Å²) in [6.07, 6.45) is 30.6. The maximum absolute atomic E-state index is 14.1. The molecule has 3 saturated carbocycles. The van der Waals surface area contributed by atoms with Crippen LogP contribution in [0.15, 0.2) is 128 Å². The lowest BCUT2D eigenvalue weighted by Gasteiger charge is -2.35. The highest BCUT2D eigenvalue weighted by molar-refractivity contribution is 5.90. The zero-order valence-electron chi connectivity index (χ0n) is 76.5. The lowest BCUT2D eigenvalue weighted by Crippen LogP contribution is -2.48. The van der Waals surface area contributed by atoms with Crippen molar-refractivity contribution in [3.63, 3.8) is 0 Å². The van der Waals surface area contributed by atoms with Crippen molar-refractivity contribution in [2.75, 3.05) is 68.1 Å². The number of ketones is 1. The highest BCUT2D eigenvalue weighted by atomic mass is 16.6. The number of pyridine rings is 3. The Balaban J connectivity index is 0.000000160. The summed E-state index contributed by atoms with van der Waals surface area (Å²) in [7, 11) is 3.21. The van der Waals surface area contributed by atoms with Crippen molar-refractivity contribution in [1.82, 2.24) is 45.6 Å². The SMILES string of the molecule is CC(C)(C)OC(=O)C[C@H](C(=O)N1CCC[C@H]1c1ccnc(N2CCc3ccccc32)c1)C1CCCCC1.CC(C)(C)OC(=O)N[C@H](C(=O)O)C1CCCCC1.CN[C@@H](C)C(=O)C[C@H](C(=O)N1CCC[C@H]1c1ccnc(N2CCc3ccccc32)c1)C1CCCCC1.C[C@@H](C(=O)O)N(C)C(=O)OC(C)(C)C.c1ccc2c(c1)CCN2c1cc([C@@H]2CCCN2)ccn1. The van der Waals surface area contributed by atoms with Crippen LogP contribution in [0.3, 0.4) is 0 Å². The van der Waals surface area contributed by atoms with Crippen molar-refractivity contribution in [1.29, 1.82) is 0 Å². The second kappa shape index (κ2) is 44.4. The molecule has 6 fully saturated rings. The number of rotatable bonds is 21. The van der Waals surface area contributed by atoms with Crippen LogP contribution in [0.4, 0.5) is 44.1 Å². The van der Waals surface area contributed by atoms with E-state index in [0.717, 1.165) is 188 Å². The fourth-order valence-corrected chi connectivity index (χ4v) is 19.3. The van der Waals surface area contributed by atoms with Gasteiger partial charge in [0.05, 0.1) is 30.5 Å². The predicted molar refractivity (Wildman–Crippen MR) is 489 cm³/mol. The Morgan fingerprint density at radius 3 is 1.26 bits per heavy atom. The maximum atomic E-state index is 14.1. The topological polar surface area (TPSA) is 299 Å². The first-order valence-electron chi connectivity index (χ1n) is 46.3.